The van der Waals surface area contributed by atoms with Crippen molar-refractivity contribution in [2.24, 2.45) is 5.92 Å². The smallest absolute Gasteiger partial charge is 0.232 e. The van der Waals surface area contributed by atoms with Crippen LogP contribution in [0.3, 0.4) is 0 Å². The monoisotopic (exact) mass is 617 g/mol. The second-order valence-corrected chi connectivity index (χ2v) is 12.7. The summed E-state index contributed by atoms with van der Waals surface area (Å²) in [7, 11) is 3.76. The van der Waals surface area contributed by atoms with Gasteiger partial charge in [0, 0.05) is 43.0 Å². The number of fused-ring (bicyclic) bond motifs is 1. The molecule has 1 aliphatic heterocycles. The summed E-state index contributed by atoms with van der Waals surface area (Å²) >= 11 is 6.28. The Bertz CT molecular complexity index is 1450. The van der Waals surface area contributed by atoms with Gasteiger partial charge < -0.3 is 24.6 Å². The number of nitrogens with zero attached hydrogens (tertiary/aromatic N) is 2. The maximum Gasteiger partial charge on any atom is 0.232 e. The molecule has 5 rings (SSSR count). The van der Waals surface area contributed by atoms with E-state index in [2.05, 4.69) is 36.3 Å². The van der Waals surface area contributed by atoms with E-state index in [1.54, 1.807) is 14.0 Å². The normalized spacial score (nSPS) is 20.5. The number of hydrogen-bond donors (Lipinski definition) is 1. The standard InChI is InChI=1S/C36H44ClN3O4/c1-6-23(2)44-34-21-32-27(19-33(34)43-5)20-35(42)40(36(32)26-9-11-28(37)12-10-26)31-17-15-30(16-18-31)39(4)22-25-7-13-29(14-8-25)38-24(3)41/h9-12,15-19,21,23,25,29,36H,6-8,13-14,20,22H2,1-5H3,(H,38,41)/t23-,25?,29?,36?/m1/s1. The number of carbonyl (C=O) groups excluding carboxylic acids is 2. The summed E-state index contributed by atoms with van der Waals surface area (Å²) in [6.45, 7) is 6.68. The first-order chi connectivity index (χ1) is 21.2. The van der Waals surface area contributed by atoms with Crippen LogP contribution in [0.1, 0.15) is 75.6 Å². The van der Waals surface area contributed by atoms with E-state index in [-0.39, 0.29) is 30.4 Å². The first-order valence-corrected chi connectivity index (χ1v) is 16.1. The zero-order chi connectivity index (χ0) is 31.4. The molecule has 2 amide bonds. The van der Waals surface area contributed by atoms with E-state index >= 15 is 0 Å². The van der Waals surface area contributed by atoms with E-state index < -0.39 is 0 Å². The van der Waals surface area contributed by atoms with E-state index in [9.17, 15) is 9.59 Å². The van der Waals surface area contributed by atoms with Crippen molar-refractivity contribution in [2.45, 2.75) is 77.5 Å². The van der Waals surface area contributed by atoms with Crippen molar-refractivity contribution in [3.8, 4) is 11.5 Å². The number of nitrogens with one attached hydrogen (secondary N) is 1. The molecule has 2 aliphatic rings. The minimum Gasteiger partial charge on any atom is -0.493 e. The molecular weight excluding hydrogens is 574 g/mol. The van der Waals surface area contributed by atoms with Gasteiger partial charge in [-0.25, -0.2) is 0 Å². The van der Waals surface area contributed by atoms with Crippen molar-refractivity contribution >= 4 is 34.8 Å². The molecule has 1 fully saturated rings. The van der Waals surface area contributed by atoms with Crippen LogP contribution in [0.2, 0.25) is 5.02 Å². The Kier molecular flexibility index (Phi) is 10.0. The summed E-state index contributed by atoms with van der Waals surface area (Å²) in [6.07, 6.45) is 5.41. The zero-order valence-corrected chi connectivity index (χ0v) is 27.2. The van der Waals surface area contributed by atoms with E-state index in [4.69, 9.17) is 21.1 Å². The number of amides is 2. The average Bonchev–Trinajstić information content (AvgIpc) is 3.01. The van der Waals surface area contributed by atoms with Gasteiger partial charge in [-0.2, -0.15) is 0 Å². The third-order valence-electron chi connectivity index (χ3n) is 9.03. The van der Waals surface area contributed by atoms with Crippen molar-refractivity contribution in [3.63, 3.8) is 0 Å². The van der Waals surface area contributed by atoms with Gasteiger partial charge >= 0.3 is 0 Å². The second-order valence-electron chi connectivity index (χ2n) is 12.2. The van der Waals surface area contributed by atoms with Crippen molar-refractivity contribution in [3.05, 3.63) is 82.4 Å². The molecule has 234 valence electrons. The molecule has 0 aromatic heterocycles. The van der Waals surface area contributed by atoms with Gasteiger partial charge in [0.25, 0.3) is 0 Å². The van der Waals surface area contributed by atoms with Gasteiger partial charge in [0.2, 0.25) is 11.8 Å². The molecule has 1 N–H and O–H groups in total. The highest BCUT2D eigenvalue weighted by atomic mass is 35.5. The molecular formula is C36H44ClN3O4. The van der Waals surface area contributed by atoms with Crippen LogP contribution in [0.5, 0.6) is 11.5 Å². The van der Waals surface area contributed by atoms with Gasteiger partial charge in [-0.05, 0) is 110 Å². The number of halogens is 1. The number of anilines is 2. The maximum atomic E-state index is 13.9. The predicted molar refractivity (Wildman–Crippen MR) is 177 cm³/mol. The predicted octanol–water partition coefficient (Wildman–Crippen LogP) is 7.34. The van der Waals surface area contributed by atoms with Gasteiger partial charge in [0.1, 0.15) is 0 Å². The molecule has 3 aromatic carbocycles. The quantitative estimate of drug-likeness (QED) is 0.258. The van der Waals surface area contributed by atoms with Gasteiger partial charge in [0.05, 0.1) is 25.7 Å². The topological polar surface area (TPSA) is 71.1 Å². The Balaban J connectivity index is 1.42. The van der Waals surface area contributed by atoms with Crippen LogP contribution in [0, 0.1) is 5.92 Å². The number of benzene rings is 3. The lowest BCUT2D eigenvalue weighted by Crippen LogP contribution is -2.41. The SMILES string of the molecule is CC[C@@H](C)Oc1cc2c(cc1OC)CC(=O)N(c1ccc(N(C)CC3CCC(NC(C)=O)CC3)cc1)C2c1ccc(Cl)cc1. The zero-order valence-electron chi connectivity index (χ0n) is 26.4. The molecule has 0 saturated heterocycles. The highest BCUT2D eigenvalue weighted by Gasteiger charge is 2.36. The summed E-state index contributed by atoms with van der Waals surface area (Å²) in [5.41, 5.74) is 4.87. The number of rotatable bonds is 10. The molecule has 44 heavy (non-hydrogen) atoms. The summed E-state index contributed by atoms with van der Waals surface area (Å²) in [5.74, 6) is 1.97. The summed E-state index contributed by atoms with van der Waals surface area (Å²) in [5, 5.41) is 3.71. The summed E-state index contributed by atoms with van der Waals surface area (Å²) in [4.78, 5) is 29.5. The molecule has 0 bridgehead atoms. The molecule has 3 aromatic rings. The Labute approximate surface area is 266 Å². The highest BCUT2D eigenvalue weighted by molar-refractivity contribution is 6.30. The fraction of sp³-hybridized carbons (Fsp3) is 0.444. The fourth-order valence-electron chi connectivity index (χ4n) is 6.51. The van der Waals surface area contributed by atoms with E-state index in [1.807, 2.05) is 60.4 Å². The molecule has 7 nitrogen and oxygen atoms in total. The molecule has 0 radical (unpaired) electrons. The largest absolute Gasteiger partial charge is 0.493 e. The van der Waals surface area contributed by atoms with Crippen LogP contribution >= 0.6 is 11.6 Å². The highest BCUT2D eigenvalue weighted by Crippen LogP contribution is 2.44. The molecule has 2 atom stereocenters. The van der Waals surface area contributed by atoms with Crippen LogP contribution < -0.4 is 24.6 Å². The fourth-order valence-corrected chi connectivity index (χ4v) is 6.64. The number of hydrogen-bond acceptors (Lipinski definition) is 5. The lowest BCUT2D eigenvalue weighted by Gasteiger charge is -2.38. The van der Waals surface area contributed by atoms with Crippen LogP contribution in [0.4, 0.5) is 11.4 Å². The Hall–Kier alpha value is -3.71. The Morgan fingerprint density at radius 3 is 2.34 bits per heavy atom. The van der Waals surface area contributed by atoms with Crippen LogP contribution in [0.15, 0.2) is 60.7 Å². The first kappa shape index (κ1) is 31.7. The molecule has 0 spiro atoms. The Morgan fingerprint density at radius 1 is 1.05 bits per heavy atom. The average molecular weight is 618 g/mol. The van der Waals surface area contributed by atoms with Gasteiger partial charge in [-0.1, -0.05) is 30.7 Å². The third-order valence-corrected chi connectivity index (χ3v) is 9.28. The van der Waals surface area contributed by atoms with Crippen molar-refractivity contribution in [2.75, 3.05) is 30.5 Å². The van der Waals surface area contributed by atoms with Crippen molar-refractivity contribution < 1.29 is 19.1 Å². The van der Waals surface area contributed by atoms with Gasteiger partial charge in [-0.3, -0.25) is 9.59 Å². The summed E-state index contributed by atoms with van der Waals surface area (Å²) < 4.78 is 12.0. The molecule has 1 aliphatic carbocycles. The van der Waals surface area contributed by atoms with E-state index in [0.29, 0.717) is 28.5 Å². The number of methoxy groups -OCH3 is 1. The van der Waals surface area contributed by atoms with Crippen LogP contribution in [-0.4, -0.2) is 44.7 Å². The second kappa shape index (κ2) is 13.9. The van der Waals surface area contributed by atoms with Gasteiger partial charge in [-0.15, -0.1) is 0 Å². The molecule has 1 saturated carbocycles. The van der Waals surface area contributed by atoms with E-state index in [1.165, 1.54) is 0 Å². The Morgan fingerprint density at radius 2 is 1.73 bits per heavy atom. The lowest BCUT2D eigenvalue weighted by atomic mass is 9.85. The van der Waals surface area contributed by atoms with E-state index in [0.717, 1.165) is 66.7 Å². The number of carbonyl (C=O) groups is 2. The van der Waals surface area contributed by atoms with Gasteiger partial charge in [0.15, 0.2) is 11.5 Å². The lowest BCUT2D eigenvalue weighted by molar-refractivity contribution is -0.120. The summed E-state index contributed by atoms with van der Waals surface area (Å²) in [6, 6.07) is 20.0. The third kappa shape index (κ3) is 7.15. The van der Waals surface area contributed by atoms with Crippen LogP contribution in [0.25, 0.3) is 0 Å². The van der Waals surface area contributed by atoms with Crippen LogP contribution in [-0.2, 0) is 16.0 Å². The first-order valence-electron chi connectivity index (χ1n) is 15.7. The molecule has 8 heteroatoms. The van der Waals surface area contributed by atoms with Crippen molar-refractivity contribution in [1.82, 2.24) is 5.32 Å². The minimum atomic E-state index is -0.351. The molecule has 1 heterocycles. The van der Waals surface area contributed by atoms with Crippen molar-refractivity contribution in [1.29, 1.82) is 0 Å². The molecule has 1 unspecified atom stereocenters. The minimum absolute atomic E-state index is 0.0205. The number of ether oxygens (including phenoxy) is 2. The maximum absolute atomic E-state index is 13.9.